The van der Waals surface area contributed by atoms with Crippen molar-refractivity contribution in [2.45, 2.75) is 50.9 Å². The van der Waals surface area contributed by atoms with Gasteiger partial charge in [-0.25, -0.2) is 8.42 Å². The molecule has 5 nitrogen and oxygen atoms in total. The lowest BCUT2D eigenvalue weighted by Crippen LogP contribution is -2.42. The SMILES string of the molecule is CC(C)S(=O)(=O)CCC1(C(=O)O)CCOC1C1CC1. The molecule has 0 amide bonds. The van der Waals surface area contributed by atoms with E-state index < -0.39 is 26.5 Å². The third-order valence-corrected chi connectivity index (χ3v) is 6.63. The highest BCUT2D eigenvalue weighted by Gasteiger charge is 2.55. The molecule has 110 valence electrons. The van der Waals surface area contributed by atoms with Gasteiger partial charge in [0.1, 0.15) is 0 Å². The van der Waals surface area contributed by atoms with Crippen LogP contribution in [-0.4, -0.2) is 43.2 Å². The van der Waals surface area contributed by atoms with E-state index in [1.807, 2.05) is 0 Å². The van der Waals surface area contributed by atoms with E-state index in [9.17, 15) is 18.3 Å². The van der Waals surface area contributed by atoms with Crippen LogP contribution in [0.2, 0.25) is 0 Å². The number of rotatable bonds is 6. The molecule has 2 unspecified atom stereocenters. The van der Waals surface area contributed by atoms with Crippen LogP contribution in [0.1, 0.15) is 39.5 Å². The number of aliphatic carboxylic acids is 1. The standard InChI is InChI=1S/C13H22O5S/c1-9(2)19(16,17)8-6-13(12(14)15)5-7-18-11(13)10-3-4-10/h9-11H,3-8H2,1-2H3,(H,14,15). The maximum atomic E-state index is 11.9. The summed E-state index contributed by atoms with van der Waals surface area (Å²) in [5, 5.41) is 9.11. The highest BCUT2D eigenvalue weighted by molar-refractivity contribution is 7.91. The molecule has 2 atom stereocenters. The maximum Gasteiger partial charge on any atom is 0.312 e. The number of hydrogen-bond acceptors (Lipinski definition) is 4. The van der Waals surface area contributed by atoms with E-state index in [0.717, 1.165) is 12.8 Å². The summed E-state index contributed by atoms with van der Waals surface area (Å²) in [6.07, 6.45) is 2.29. The normalized spacial score (nSPS) is 31.8. The van der Waals surface area contributed by atoms with Gasteiger partial charge in [-0.3, -0.25) is 4.79 Å². The van der Waals surface area contributed by atoms with Gasteiger partial charge in [-0.15, -0.1) is 0 Å². The molecule has 0 aromatic rings. The molecular weight excluding hydrogens is 268 g/mol. The summed E-state index contributed by atoms with van der Waals surface area (Å²) in [6, 6.07) is 0. The number of carboxylic acids is 1. The van der Waals surface area contributed by atoms with Gasteiger partial charge < -0.3 is 9.84 Å². The Morgan fingerprint density at radius 2 is 2.05 bits per heavy atom. The van der Waals surface area contributed by atoms with E-state index in [0.29, 0.717) is 18.9 Å². The minimum absolute atomic E-state index is 0.0659. The number of carbonyl (C=O) groups is 1. The zero-order valence-electron chi connectivity index (χ0n) is 11.5. The van der Waals surface area contributed by atoms with Gasteiger partial charge in [0, 0.05) is 6.61 Å². The first-order valence-electron chi connectivity index (χ1n) is 6.86. The minimum atomic E-state index is -3.20. The maximum absolute atomic E-state index is 11.9. The first kappa shape index (κ1) is 14.8. The summed E-state index contributed by atoms with van der Waals surface area (Å²) in [6.45, 7) is 3.69. The van der Waals surface area contributed by atoms with Crippen LogP contribution < -0.4 is 0 Å². The Bertz CT molecular complexity index is 452. The van der Waals surface area contributed by atoms with Crippen LogP contribution >= 0.6 is 0 Å². The van der Waals surface area contributed by atoms with Gasteiger partial charge >= 0.3 is 5.97 Å². The topological polar surface area (TPSA) is 80.7 Å². The van der Waals surface area contributed by atoms with Gasteiger partial charge in [0.25, 0.3) is 0 Å². The monoisotopic (exact) mass is 290 g/mol. The quantitative estimate of drug-likeness (QED) is 0.801. The summed E-state index contributed by atoms with van der Waals surface area (Å²) < 4.78 is 29.4. The van der Waals surface area contributed by atoms with E-state index in [1.54, 1.807) is 13.8 Å². The summed E-state index contributed by atoms with van der Waals surface area (Å²) in [5.74, 6) is -0.662. The van der Waals surface area contributed by atoms with E-state index in [1.165, 1.54) is 0 Å². The Hall–Kier alpha value is -0.620. The lowest BCUT2D eigenvalue weighted by molar-refractivity contribution is -0.153. The number of carboxylic acid groups (broad SMARTS) is 1. The first-order valence-corrected chi connectivity index (χ1v) is 8.58. The molecule has 1 heterocycles. The Morgan fingerprint density at radius 3 is 2.53 bits per heavy atom. The van der Waals surface area contributed by atoms with Crippen LogP contribution in [0.3, 0.4) is 0 Å². The van der Waals surface area contributed by atoms with Crippen LogP contribution in [0.5, 0.6) is 0 Å². The van der Waals surface area contributed by atoms with Crippen molar-refractivity contribution in [3.05, 3.63) is 0 Å². The van der Waals surface area contributed by atoms with Crippen molar-refractivity contribution in [2.75, 3.05) is 12.4 Å². The van der Waals surface area contributed by atoms with Gasteiger partial charge in [0.05, 0.1) is 22.5 Å². The third kappa shape index (κ3) is 2.79. The van der Waals surface area contributed by atoms with Crippen LogP contribution in [0.25, 0.3) is 0 Å². The molecule has 1 aliphatic heterocycles. The predicted molar refractivity (Wildman–Crippen MR) is 70.7 cm³/mol. The number of hydrogen-bond donors (Lipinski definition) is 1. The molecule has 1 saturated carbocycles. The Labute approximate surface area is 114 Å². The Kier molecular flexibility index (Phi) is 3.93. The smallest absolute Gasteiger partial charge is 0.312 e. The average Bonchev–Trinajstić information content (AvgIpc) is 3.06. The zero-order chi connectivity index (χ0) is 14.3. The second-order valence-electron chi connectivity index (χ2n) is 6.01. The highest BCUT2D eigenvalue weighted by Crippen LogP contribution is 2.50. The molecule has 0 aromatic heterocycles. The second kappa shape index (κ2) is 5.05. The molecule has 2 rings (SSSR count). The van der Waals surface area contributed by atoms with Crippen molar-refractivity contribution in [3.8, 4) is 0 Å². The fourth-order valence-corrected chi connectivity index (χ4v) is 3.94. The van der Waals surface area contributed by atoms with E-state index in [-0.39, 0.29) is 18.3 Å². The number of ether oxygens (including phenoxy) is 1. The van der Waals surface area contributed by atoms with E-state index in [4.69, 9.17) is 4.74 Å². The largest absolute Gasteiger partial charge is 0.481 e. The highest BCUT2D eigenvalue weighted by atomic mass is 32.2. The van der Waals surface area contributed by atoms with Crippen molar-refractivity contribution >= 4 is 15.8 Å². The van der Waals surface area contributed by atoms with E-state index >= 15 is 0 Å². The van der Waals surface area contributed by atoms with Crippen molar-refractivity contribution in [1.82, 2.24) is 0 Å². The van der Waals surface area contributed by atoms with Crippen LogP contribution in [0.15, 0.2) is 0 Å². The fourth-order valence-electron chi connectivity index (χ4n) is 2.82. The van der Waals surface area contributed by atoms with Gasteiger partial charge in [-0.1, -0.05) is 0 Å². The molecule has 1 N–H and O–H groups in total. The summed E-state index contributed by atoms with van der Waals surface area (Å²) in [4.78, 5) is 11.7. The molecule has 2 aliphatic rings. The first-order chi connectivity index (χ1) is 8.79. The van der Waals surface area contributed by atoms with Crippen molar-refractivity contribution in [2.24, 2.45) is 11.3 Å². The Balaban J connectivity index is 2.14. The van der Waals surface area contributed by atoms with Gasteiger partial charge in [-0.05, 0) is 45.4 Å². The molecule has 0 spiro atoms. The second-order valence-corrected chi connectivity index (χ2v) is 8.68. The van der Waals surface area contributed by atoms with Crippen molar-refractivity contribution in [1.29, 1.82) is 0 Å². The molecule has 1 aliphatic carbocycles. The molecule has 2 fully saturated rings. The minimum Gasteiger partial charge on any atom is -0.481 e. The molecule has 19 heavy (non-hydrogen) atoms. The van der Waals surface area contributed by atoms with Gasteiger partial charge in [-0.2, -0.15) is 0 Å². The van der Waals surface area contributed by atoms with Crippen LogP contribution in [0, 0.1) is 11.3 Å². The van der Waals surface area contributed by atoms with Crippen LogP contribution in [0.4, 0.5) is 0 Å². The van der Waals surface area contributed by atoms with E-state index in [2.05, 4.69) is 0 Å². The summed E-state index contributed by atoms with van der Waals surface area (Å²) in [7, 11) is -3.20. The molecule has 1 saturated heterocycles. The molecule has 6 heteroatoms. The molecule has 0 bridgehead atoms. The van der Waals surface area contributed by atoms with Gasteiger partial charge in [0.2, 0.25) is 0 Å². The lowest BCUT2D eigenvalue weighted by atomic mass is 9.76. The van der Waals surface area contributed by atoms with Crippen molar-refractivity contribution in [3.63, 3.8) is 0 Å². The summed E-state index contributed by atoms with van der Waals surface area (Å²) in [5.41, 5.74) is -0.997. The lowest BCUT2D eigenvalue weighted by Gasteiger charge is -2.30. The number of sulfone groups is 1. The molecule has 0 aromatic carbocycles. The van der Waals surface area contributed by atoms with Crippen LogP contribution in [-0.2, 0) is 19.4 Å². The molecule has 0 radical (unpaired) electrons. The Morgan fingerprint density at radius 1 is 1.42 bits per heavy atom. The fraction of sp³-hybridized carbons (Fsp3) is 0.923. The predicted octanol–water partition coefficient (Wildman–Crippen LogP) is 1.47. The average molecular weight is 290 g/mol. The van der Waals surface area contributed by atoms with Crippen molar-refractivity contribution < 1.29 is 23.1 Å². The molecular formula is C13H22O5S. The summed E-state index contributed by atoms with van der Waals surface area (Å²) >= 11 is 0. The third-order valence-electron chi connectivity index (χ3n) is 4.42. The zero-order valence-corrected chi connectivity index (χ0v) is 12.3. The van der Waals surface area contributed by atoms with Gasteiger partial charge in [0.15, 0.2) is 9.84 Å².